The number of aromatic nitrogens is 2. The minimum Gasteiger partial charge on any atom is -0.353 e. The lowest BCUT2D eigenvalue weighted by molar-refractivity contribution is -0.119. The van der Waals surface area contributed by atoms with Gasteiger partial charge in [0.05, 0.1) is 5.56 Å². The number of hydrogen-bond acceptors (Lipinski definition) is 5. The zero-order valence-electron chi connectivity index (χ0n) is 17.1. The second-order valence-corrected chi connectivity index (χ2v) is 7.84. The molecule has 2 aliphatic rings. The molecular formula is C22H27N5O2. The Morgan fingerprint density at radius 1 is 0.966 bits per heavy atom. The van der Waals surface area contributed by atoms with E-state index < -0.39 is 0 Å². The molecule has 2 saturated heterocycles. The van der Waals surface area contributed by atoms with Crippen LogP contribution in [0.4, 0.5) is 11.6 Å². The molecule has 0 radical (unpaired) electrons. The molecule has 152 valence electrons. The zero-order valence-corrected chi connectivity index (χ0v) is 17.1. The molecule has 2 aromatic heterocycles. The van der Waals surface area contributed by atoms with Crippen LogP contribution in [0, 0.1) is 13.8 Å². The van der Waals surface area contributed by atoms with Crippen LogP contribution in [0.1, 0.15) is 40.7 Å². The predicted molar refractivity (Wildman–Crippen MR) is 112 cm³/mol. The van der Waals surface area contributed by atoms with Gasteiger partial charge in [0.1, 0.15) is 11.6 Å². The van der Waals surface area contributed by atoms with E-state index in [9.17, 15) is 9.59 Å². The number of rotatable bonds is 3. The molecule has 0 atom stereocenters. The largest absolute Gasteiger partial charge is 0.353 e. The van der Waals surface area contributed by atoms with Crippen LogP contribution >= 0.6 is 0 Å². The number of piperazine rings is 1. The Kier molecular flexibility index (Phi) is 5.47. The molecule has 0 saturated carbocycles. The molecule has 4 rings (SSSR count). The molecule has 29 heavy (non-hydrogen) atoms. The zero-order chi connectivity index (χ0) is 20.4. The molecule has 0 aromatic carbocycles. The third-order valence-electron chi connectivity index (χ3n) is 5.65. The first-order chi connectivity index (χ1) is 14.0. The molecule has 2 amide bonds. The van der Waals surface area contributed by atoms with Crippen molar-refractivity contribution in [3.63, 3.8) is 0 Å². The number of carbonyl (C=O) groups excluding carboxylic acids is 2. The van der Waals surface area contributed by atoms with Gasteiger partial charge in [-0.1, -0.05) is 6.07 Å². The predicted octanol–water partition coefficient (Wildman–Crippen LogP) is 2.57. The van der Waals surface area contributed by atoms with Crippen LogP contribution in [0.2, 0.25) is 0 Å². The van der Waals surface area contributed by atoms with E-state index in [0.29, 0.717) is 37.4 Å². The standard InChI is InChI=1S/C22H27N5O2/c1-16-13-17(2)21(24-14-16)25-9-11-26(12-10-25)22(29)18-6-7-19(23-15-18)27-8-4-3-5-20(27)28/h6-7,13-15H,3-5,8-12H2,1-2H3. The Hall–Kier alpha value is -2.96. The van der Waals surface area contributed by atoms with Crippen molar-refractivity contribution in [2.24, 2.45) is 0 Å². The van der Waals surface area contributed by atoms with Gasteiger partial charge in [0.15, 0.2) is 0 Å². The van der Waals surface area contributed by atoms with Crippen molar-refractivity contribution in [2.45, 2.75) is 33.1 Å². The fraction of sp³-hybridized carbons (Fsp3) is 0.455. The maximum absolute atomic E-state index is 12.9. The van der Waals surface area contributed by atoms with E-state index in [1.807, 2.05) is 18.0 Å². The molecule has 7 nitrogen and oxygen atoms in total. The fourth-order valence-corrected chi connectivity index (χ4v) is 4.06. The number of carbonyl (C=O) groups is 2. The smallest absolute Gasteiger partial charge is 0.255 e. The summed E-state index contributed by atoms with van der Waals surface area (Å²) in [5.74, 6) is 1.73. The molecule has 0 N–H and O–H groups in total. The first-order valence-electron chi connectivity index (χ1n) is 10.3. The van der Waals surface area contributed by atoms with Gasteiger partial charge >= 0.3 is 0 Å². The van der Waals surface area contributed by atoms with Crippen molar-refractivity contribution in [3.8, 4) is 0 Å². The van der Waals surface area contributed by atoms with E-state index in [1.165, 1.54) is 0 Å². The van der Waals surface area contributed by atoms with Gasteiger partial charge < -0.3 is 9.80 Å². The summed E-state index contributed by atoms with van der Waals surface area (Å²) in [4.78, 5) is 39.7. The molecule has 2 aliphatic heterocycles. The Morgan fingerprint density at radius 3 is 2.41 bits per heavy atom. The summed E-state index contributed by atoms with van der Waals surface area (Å²) in [5, 5.41) is 0. The number of amides is 2. The molecule has 7 heteroatoms. The third-order valence-corrected chi connectivity index (χ3v) is 5.65. The molecule has 0 aliphatic carbocycles. The summed E-state index contributed by atoms with van der Waals surface area (Å²) < 4.78 is 0. The van der Waals surface area contributed by atoms with E-state index in [4.69, 9.17) is 0 Å². The highest BCUT2D eigenvalue weighted by Crippen LogP contribution is 2.21. The summed E-state index contributed by atoms with van der Waals surface area (Å²) >= 11 is 0. The first kappa shape index (κ1) is 19.4. The quantitative estimate of drug-likeness (QED) is 0.802. The Labute approximate surface area is 171 Å². The number of hydrogen-bond donors (Lipinski definition) is 0. The number of piperidine rings is 1. The summed E-state index contributed by atoms with van der Waals surface area (Å²) in [6.07, 6.45) is 5.99. The van der Waals surface area contributed by atoms with Crippen LogP contribution < -0.4 is 9.80 Å². The van der Waals surface area contributed by atoms with Crippen molar-refractivity contribution in [1.29, 1.82) is 0 Å². The van der Waals surface area contributed by atoms with Crippen molar-refractivity contribution >= 4 is 23.5 Å². The van der Waals surface area contributed by atoms with Crippen LogP contribution in [0.15, 0.2) is 30.6 Å². The molecule has 2 aromatic rings. The molecular weight excluding hydrogens is 366 g/mol. The van der Waals surface area contributed by atoms with Crippen LogP contribution in [0.5, 0.6) is 0 Å². The van der Waals surface area contributed by atoms with Gasteiger partial charge in [-0.05, 0) is 49.9 Å². The first-order valence-corrected chi connectivity index (χ1v) is 10.3. The molecule has 0 unspecified atom stereocenters. The normalized spacial score (nSPS) is 17.6. The van der Waals surface area contributed by atoms with E-state index in [-0.39, 0.29) is 11.8 Å². The van der Waals surface area contributed by atoms with Crippen LogP contribution in [-0.4, -0.2) is 59.4 Å². The number of anilines is 2. The van der Waals surface area contributed by atoms with Gasteiger partial charge in [0, 0.05) is 51.5 Å². The highest BCUT2D eigenvalue weighted by Gasteiger charge is 2.25. The second-order valence-electron chi connectivity index (χ2n) is 7.84. The summed E-state index contributed by atoms with van der Waals surface area (Å²) in [5.41, 5.74) is 2.88. The minimum atomic E-state index is -0.0118. The summed E-state index contributed by atoms with van der Waals surface area (Å²) in [6, 6.07) is 5.71. The van der Waals surface area contributed by atoms with E-state index >= 15 is 0 Å². The molecule has 4 heterocycles. The highest BCUT2D eigenvalue weighted by molar-refractivity contribution is 5.96. The van der Waals surface area contributed by atoms with Crippen molar-refractivity contribution in [1.82, 2.24) is 14.9 Å². The van der Waals surface area contributed by atoms with Crippen LogP contribution in [0.25, 0.3) is 0 Å². The van der Waals surface area contributed by atoms with E-state index in [2.05, 4.69) is 27.9 Å². The maximum atomic E-state index is 12.9. The van der Waals surface area contributed by atoms with Crippen LogP contribution in [0.3, 0.4) is 0 Å². The Balaban J connectivity index is 1.38. The van der Waals surface area contributed by atoms with Crippen molar-refractivity contribution in [3.05, 3.63) is 47.3 Å². The minimum absolute atomic E-state index is 0.0118. The number of nitrogens with zero attached hydrogens (tertiary/aromatic N) is 5. The number of pyridine rings is 2. The third kappa shape index (κ3) is 4.09. The van der Waals surface area contributed by atoms with Gasteiger partial charge in [-0.25, -0.2) is 9.97 Å². The number of aryl methyl sites for hydroxylation is 2. The maximum Gasteiger partial charge on any atom is 0.255 e. The summed E-state index contributed by atoms with van der Waals surface area (Å²) in [7, 11) is 0. The lowest BCUT2D eigenvalue weighted by atomic mass is 10.1. The SMILES string of the molecule is Cc1cnc(N2CCN(C(=O)c3ccc(N4CCCCC4=O)nc3)CC2)c(C)c1. The summed E-state index contributed by atoms with van der Waals surface area (Å²) in [6.45, 7) is 7.65. The second kappa shape index (κ2) is 8.19. The lowest BCUT2D eigenvalue weighted by Gasteiger charge is -2.36. The van der Waals surface area contributed by atoms with Gasteiger partial charge in [-0.2, -0.15) is 0 Å². The van der Waals surface area contributed by atoms with Crippen molar-refractivity contribution in [2.75, 3.05) is 42.5 Å². The Morgan fingerprint density at radius 2 is 1.76 bits per heavy atom. The fourth-order valence-electron chi connectivity index (χ4n) is 4.06. The van der Waals surface area contributed by atoms with Gasteiger partial charge in [0.2, 0.25) is 5.91 Å². The van der Waals surface area contributed by atoms with Gasteiger partial charge in [0.25, 0.3) is 5.91 Å². The topological polar surface area (TPSA) is 69.6 Å². The Bertz CT molecular complexity index is 904. The molecule has 0 spiro atoms. The van der Waals surface area contributed by atoms with E-state index in [1.54, 1.807) is 23.2 Å². The van der Waals surface area contributed by atoms with Crippen molar-refractivity contribution < 1.29 is 9.59 Å². The highest BCUT2D eigenvalue weighted by atomic mass is 16.2. The molecule has 2 fully saturated rings. The monoisotopic (exact) mass is 393 g/mol. The van der Waals surface area contributed by atoms with Gasteiger partial charge in [-0.3, -0.25) is 14.5 Å². The average Bonchev–Trinajstić information content (AvgIpc) is 2.74. The van der Waals surface area contributed by atoms with Gasteiger partial charge in [-0.15, -0.1) is 0 Å². The van der Waals surface area contributed by atoms with Crippen LogP contribution in [-0.2, 0) is 4.79 Å². The average molecular weight is 393 g/mol. The lowest BCUT2D eigenvalue weighted by Crippen LogP contribution is -2.49. The van der Waals surface area contributed by atoms with E-state index in [0.717, 1.165) is 42.9 Å². The molecule has 0 bridgehead atoms.